The van der Waals surface area contributed by atoms with Crippen LogP contribution in [0.15, 0.2) is 47.4 Å². The Kier molecular flexibility index (Phi) is 6.06. The minimum Gasteiger partial charge on any atom is -0.494 e. The van der Waals surface area contributed by atoms with E-state index in [0.717, 1.165) is 6.07 Å². The third kappa shape index (κ3) is 4.44. The lowest BCUT2D eigenvalue weighted by Crippen LogP contribution is -2.19. The molecule has 2 rings (SSSR count). The second-order valence-corrected chi connectivity index (χ2v) is 6.97. The van der Waals surface area contributed by atoms with Crippen LogP contribution in [-0.2, 0) is 14.8 Å². The molecule has 0 spiro atoms. The summed E-state index contributed by atoms with van der Waals surface area (Å²) in [7, 11) is -1.04. The number of sulfonamides is 1. The predicted molar refractivity (Wildman–Crippen MR) is 90.3 cm³/mol. The van der Waals surface area contributed by atoms with Crippen molar-refractivity contribution >= 4 is 21.8 Å². The van der Waals surface area contributed by atoms with Gasteiger partial charge < -0.3 is 9.47 Å². The zero-order valence-electron chi connectivity index (χ0n) is 14.0. The van der Waals surface area contributed by atoms with Crippen LogP contribution in [0.1, 0.15) is 20.7 Å². The quantitative estimate of drug-likeness (QED) is 0.580. The maximum atomic E-state index is 13.6. The van der Waals surface area contributed by atoms with Crippen molar-refractivity contribution in [2.24, 2.45) is 0 Å². The molecule has 7 nitrogen and oxygen atoms in total. The summed E-state index contributed by atoms with van der Waals surface area (Å²) in [6.45, 7) is -0.582. The molecular weight excluding hydrogens is 365 g/mol. The van der Waals surface area contributed by atoms with Crippen molar-refractivity contribution in [1.29, 1.82) is 0 Å². The number of methoxy groups -OCH3 is 1. The first-order valence-electron chi connectivity index (χ1n) is 7.36. The first-order chi connectivity index (χ1) is 12.3. The van der Waals surface area contributed by atoms with E-state index in [9.17, 15) is 22.4 Å². The molecule has 0 aliphatic carbocycles. The van der Waals surface area contributed by atoms with E-state index in [-0.39, 0.29) is 21.8 Å². The van der Waals surface area contributed by atoms with Crippen molar-refractivity contribution in [2.45, 2.75) is 4.90 Å². The monoisotopic (exact) mass is 381 g/mol. The van der Waals surface area contributed by atoms with Crippen molar-refractivity contribution in [3.63, 3.8) is 0 Å². The number of benzene rings is 2. The number of carbonyl (C=O) groups is 2. The maximum Gasteiger partial charge on any atom is 0.338 e. The van der Waals surface area contributed by atoms with Crippen LogP contribution in [0.5, 0.6) is 5.75 Å². The Balaban J connectivity index is 2.02. The minimum atomic E-state index is -3.61. The van der Waals surface area contributed by atoms with Gasteiger partial charge in [0.25, 0.3) is 0 Å². The number of hydrogen-bond acceptors (Lipinski definition) is 6. The van der Waals surface area contributed by atoms with Gasteiger partial charge in [0, 0.05) is 5.56 Å². The fraction of sp³-hybridized carbons (Fsp3) is 0.176. The number of halogens is 1. The maximum absolute atomic E-state index is 13.6. The summed E-state index contributed by atoms with van der Waals surface area (Å²) in [6.07, 6.45) is 0. The molecule has 2 aromatic carbocycles. The molecule has 0 fully saturated rings. The molecule has 0 bridgehead atoms. The van der Waals surface area contributed by atoms with E-state index < -0.39 is 34.2 Å². The Labute approximate surface area is 149 Å². The molecule has 0 aromatic heterocycles. The van der Waals surface area contributed by atoms with Gasteiger partial charge in [-0.05, 0) is 49.5 Å². The fourth-order valence-corrected chi connectivity index (χ4v) is 2.76. The largest absolute Gasteiger partial charge is 0.494 e. The summed E-state index contributed by atoms with van der Waals surface area (Å²) < 4.78 is 48.6. The zero-order valence-corrected chi connectivity index (χ0v) is 14.8. The van der Waals surface area contributed by atoms with E-state index in [1.54, 1.807) is 0 Å². The molecule has 26 heavy (non-hydrogen) atoms. The molecule has 1 N–H and O–H groups in total. The van der Waals surface area contributed by atoms with E-state index in [0.29, 0.717) is 0 Å². The summed E-state index contributed by atoms with van der Waals surface area (Å²) in [5, 5.41) is 0. The Bertz CT molecular complexity index is 925. The summed E-state index contributed by atoms with van der Waals surface area (Å²) in [5.41, 5.74) is 0.111. The van der Waals surface area contributed by atoms with Crippen LogP contribution in [0.3, 0.4) is 0 Å². The number of ketones is 1. The van der Waals surface area contributed by atoms with Crippen molar-refractivity contribution in [3.8, 4) is 5.75 Å². The van der Waals surface area contributed by atoms with E-state index in [1.807, 2.05) is 0 Å². The molecule has 0 atom stereocenters. The number of nitrogens with one attached hydrogen (secondary N) is 1. The molecule has 0 aliphatic heterocycles. The Morgan fingerprint density at radius 3 is 2.23 bits per heavy atom. The van der Waals surface area contributed by atoms with Crippen LogP contribution in [0.2, 0.25) is 0 Å². The van der Waals surface area contributed by atoms with Gasteiger partial charge in [0.05, 0.1) is 17.6 Å². The van der Waals surface area contributed by atoms with Gasteiger partial charge >= 0.3 is 5.97 Å². The Hall–Kier alpha value is -2.78. The molecule has 9 heteroatoms. The van der Waals surface area contributed by atoms with Crippen molar-refractivity contribution in [2.75, 3.05) is 20.8 Å². The smallest absolute Gasteiger partial charge is 0.338 e. The second kappa shape index (κ2) is 8.07. The van der Waals surface area contributed by atoms with E-state index in [2.05, 4.69) is 4.72 Å². The molecule has 0 saturated carbocycles. The first-order valence-corrected chi connectivity index (χ1v) is 8.84. The lowest BCUT2D eigenvalue weighted by molar-refractivity contribution is 0.0474. The summed E-state index contributed by atoms with van der Waals surface area (Å²) >= 11 is 0. The highest BCUT2D eigenvalue weighted by atomic mass is 32.2. The molecular formula is C17H16FNO6S. The predicted octanol–water partition coefficient (Wildman–Crippen LogP) is 1.78. The lowest BCUT2D eigenvalue weighted by atomic mass is 10.1. The first kappa shape index (κ1) is 19.5. The number of ether oxygens (including phenoxy) is 2. The molecule has 0 amide bonds. The molecule has 0 unspecified atom stereocenters. The van der Waals surface area contributed by atoms with Gasteiger partial charge in [-0.2, -0.15) is 0 Å². The van der Waals surface area contributed by atoms with Crippen molar-refractivity contribution < 1.29 is 31.9 Å². The minimum absolute atomic E-state index is 0.00449. The number of rotatable bonds is 7. The van der Waals surface area contributed by atoms with Crippen LogP contribution in [0, 0.1) is 5.82 Å². The molecule has 0 aliphatic rings. The number of Topliss-reactive ketones (excluding diaryl/α,β-unsaturated/α-hetero) is 1. The van der Waals surface area contributed by atoms with Crippen LogP contribution < -0.4 is 9.46 Å². The summed E-state index contributed by atoms with van der Waals surface area (Å²) in [4.78, 5) is 23.9. The third-order valence-corrected chi connectivity index (χ3v) is 4.91. The van der Waals surface area contributed by atoms with Gasteiger partial charge in [0.15, 0.2) is 24.0 Å². The van der Waals surface area contributed by atoms with Crippen molar-refractivity contribution in [1.82, 2.24) is 4.72 Å². The van der Waals surface area contributed by atoms with Gasteiger partial charge in [-0.3, -0.25) is 4.79 Å². The van der Waals surface area contributed by atoms with E-state index in [4.69, 9.17) is 9.47 Å². The van der Waals surface area contributed by atoms with Gasteiger partial charge in [-0.1, -0.05) is 0 Å². The average Bonchev–Trinajstić information content (AvgIpc) is 2.65. The molecule has 0 saturated heterocycles. The molecule has 0 radical (unpaired) electrons. The van der Waals surface area contributed by atoms with E-state index in [1.165, 1.54) is 50.6 Å². The number of hydrogen-bond donors (Lipinski definition) is 1. The molecule has 138 valence electrons. The van der Waals surface area contributed by atoms with Crippen LogP contribution in [0.25, 0.3) is 0 Å². The highest BCUT2D eigenvalue weighted by Gasteiger charge is 2.16. The van der Waals surface area contributed by atoms with Crippen LogP contribution >= 0.6 is 0 Å². The Morgan fingerprint density at radius 2 is 1.69 bits per heavy atom. The van der Waals surface area contributed by atoms with Gasteiger partial charge in [-0.25, -0.2) is 22.3 Å². The van der Waals surface area contributed by atoms with Gasteiger partial charge in [-0.15, -0.1) is 0 Å². The molecule has 2 aromatic rings. The van der Waals surface area contributed by atoms with Crippen LogP contribution in [-0.4, -0.2) is 40.9 Å². The van der Waals surface area contributed by atoms with E-state index >= 15 is 0 Å². The highest BCUT2D eigenvalue weighted by Crippen LogP contribution is 2.18. The number of carbonyl (C=O) groups excluding carboxylic acids is 2. The summed E-state index contributed by atoms with van der Waals surface area (Å²) in [5.74, 6) is -2.10. The number of esters is 1. The summed E-state index contributed by atoms with van der Waals surface area (Å²) in [6, 6.07) is 8.66. The van der Waals surface area contributed by atoms with Crippen molar-refractivity contribution in [3.05, 3.63) is 59.4 Å². The zero-order chi connectivity index (χ0) is 19.3. The van der Waals surface area contributed by atoms with Gasteiger partial charge in [0.2, 0.25) is 10.0 Å². The normalized spacial score (nSPS) is 11.0. The second-order valence-electron chi connectivity index (χ2n) is 5.08. The fourth-order valence-electron chi connectivity index (χ4n) is 2.03. The molecule has 0 heterocycles. The third-order valence-electron chi connectivity index (χ3n) is 3.48. The standard InChI is InChI=1S/C17H16FNO6S/c1-19-26(22,23)13-6-3-11(4-7-13)17(21)25-10-15(20)12-5-8-16(24-2)14(18)9-12/h3-9,19H,10H2,1-2H3. The Morgan fingerprint density at radius 1 is 1.08 bits per heavy atom. The van der Waals surface area contributed by atoms with Crippen LogP contribution in [0.4, 0.5) is 4.39 Å². The lowest BCUT2D eigenvalue weighted by Gasteiger charge is -2.07. The highest BCUT2D eigenvalue weighted by molar-refractivity contribution is 7.89. The van der Waals surface area contributed by atoms with Gasteiger partial charge in [0.1, 0.15) is 0 Å². The average molecular weight is 381 g/mol. The SMILES string of the molecule is CNS(=O)(=O)c1ccc(C(=O)OCC(=O)c2ccc(OC)c(F)c2)cc1. The topological polar surface area (TPSA) is 98.8 Å².